The third-order valence-corrected chi connectivity index (χ3v) is 4.89. The summed E-state index contributed by atoms with van der Waals surface area (Å²) in [5, 5.41) is 0. The van der Waals surface area contributed by atoms with Gasteiger partial charge < -0.3 is 9.32 Å². The highest BCUT2D eigenvalue weighted by atomic mass is 32.2. The summed E-state index contributed by atoms with van der Waals surface area (Å²) in [7, 11) is 0. The molecule has 0 bridgehead atoms. The topological polar surface area (TPSA) is 42.2 Å². The third-order valence-electron chi connectivity index (χ3n) is 3.95. The van der Waals surface area contributed by atoms with Crippen molar-refractivity contribution in [3.8, 4) is 22.4 Å². The van der Waals surface area contributed by atoms with Gasteiger partial charge in [-0.25, -0.2) is 9.97 Å². The van der Waals surface area contributed by atoms with Crippen LogP contribution in [0.2, 0.25) is 0 Å². The molecule has 0 atom stereocenters. The predicted octanol–water partition coefficient (Wildman–Crippen LogP) is 3.96. The monoisotopic (exact) mass is 323 g/mol. The second kappa shape index (κ2) is 6.46. The Kier molecular flexibility index (Phi) is 4.03. The molecule has 0 unspecified atom stereocenters. The van der Waals surface area contributed by atoms with Crippen molar-refractivity contribution >= 4 is 17.7 Å². The Morgan fingerprint density at radius 1 is 1.00 bits per heavy atom. The summed E-state index contributed by atoms with van der Waals surface area (Å²) < 4.78 is 5.27. The van der Waals surface area contributed by atoms with E-state index in [4.69, 9.17) is 9.40 Å². The zero-order valence-electron chi connectivity index (χ0n) is 12.7. The second-order valence-electron chi connectivity index (χ2n) is 5.41. The minimum Gasteiger partial charge on any atom is -0.472 e. The molecule has 1 aliphatic heterocycles. The summed E-state index contributed by atoms with van der Waals surface area (Å²) in [5.74, 6) is 3.07. The molecular formula is C18H17N3OS. The van der Waals surface area contributed by atoms with Gasteiger partial charge in [0.25, 0.3) is 0 Å². The van der Waals surface area contributed by atoms with Crippen LogP contribution in [-0.4, -0.2) is 34.6 Å². The van der Waals surface area contributed by atoms with Gasteiger partial charge in [0.15, 0.2) is 0 Å². The first-order valence-electron chi connectivity index (χ1n) is 7.69. The zero-order valence-corrected chi connectivity index (χ0v) is 13.5. The lowest BCUT2D eigenvalue weighted by Gasteiger charge is -2.26. The summed E-state index contributed by atoms with van der Waals surface area (Å²) in [6.07, 6.45) is 5.36. The van der Waals surface area contributed by atoms with Gasteiger partial charge in [0.1, 0.15) is 0 Å². The minimum absolute atomic E-state index is 0.807. The van der Waals surface area contributed by atoms with Gasteiger partial charge in [-0.3, -0.25) is 0 Å². The normalized spacial score (nSPS) is 14.9. The van der Waals surface area contributed by atoms with Gasteiger partial charge in [-0.05, 0) is 11.6 Å². The van der Waals surface area contributed by atoms with Crippen LogP contribution in [0.4, 0.5) is 5.95 Å². The molecule has 0 saturated carbocycles. The molecule has 0 N–H and O–H groups in total. The molecule has 0 amide bonds. The number of anilines is 1. The molecular weight excluding hydrogens is 306 g/mol. The van der Waals surface area contributed by atoms with E-state index in [1.807, 2.05) is 42.2 Å². The van der Waals surface area contributed by atoms with Crippen molar-refractivity contribution in [2.24, 2.45) is 0 Å². The highest BCUT2D eigenvalue weighted by Gasteiger charge is 2.17. The summed E-state index contributed by atoms with van der Waals surface area (Å²) in [6.45, 7) is 2.00. The highest BCUT2D eigenvalue weighted by molar-refractivity contribution is 7.99. The van der Waals surface area contributed by atoms with E-state index >= 15 is 0 Å². The van der Waals surface area contributed by atoms with Crippen LogP contribution in [0.3, 0.4) is 0 Å². The first kappa shape index (κ1) is 14.3. The van der Waals surface area contributed by atoms with Gasteiger partial charge in [0, 0.05) is 41.9 Å². The Morgan fingerprint density at radius 3 is 2.57 bits per heavy atom. The fraction of sp³-hybridized carbons (Fsp3) is 0.222. The summed E-state index contributed by atoms with van der Waals surface area (Å²) in [5.41, 5.74) is 4.05. The second-order valence-corrected chi connectivity index (χ2v) is 6.63. The van der Waals surface area contributed by atoms with Crippen LogP contribution in [0.1, 0.15) is 0 Å². The first-order valence-corrected chi connectivity index (χ1v) is 8.85. The molecule has 1 aliphatic rings. The number of thioether (sulfide) groups is 1. The quantitative estimate of drug-likeness (QED) is 0.730. The fourth-order valence-electron chi connectivity index (χ4n) is 2.74. The van der Waals surface area contributed by atoms with E-state index < -0.39 is 0 Å². The number of rotatable bonds is 3. The van der Waals surface area contributed by atoms with Crippen LogP contribution in [0, 0.1) is 0 Å². The Hall–Kier alpha value is -2.27. The zero-order chi connectivity index (χ0) is 15.5. The van der Waals surface area contributed by atoms with Gasteiger partial charge >= 0.3 is 0 Å². The number of hydrogen-bond donors (Lipinski definition) is 0. The Labute approximate surface area is 139 Å². The number of benzene rings is 1. The van der Waals surface area contributed by atoms with Gasteiger partial charge in [-0.1, -0.05) is 30.3 Å². The van der Waals surface area contributed by atoms with Gasteiger partial charge in [-0.15, -0.1) is 0 Å². The van der Waals surface area contributed by atoms with Crippen LogP contribution in [-0.2, 0) is 0 Å². The molecule has 1 fully saturated rings. The highest BCUT2D eigenvalue weighted by Crippen LogP contribution is 2.31. The van der Waals surface area contributed by atoms with Gasteiger partial charge in [0.05, 0.1) is 18.2 Å². The molecule has 0 spiro atoms. The van der Waals surface area contributed by atoms with Crippen molar-refractivity contribution in [3.63, 3.8) is 0 Å². The van der Waals surface area contributed by atoms with Gasteiger partial charge in [-0.2, -0.15) is 11.8 Å². The SMILES string of the molecule is c1ccc(-c2cnc(N3CCSCC3)nc2-c2ccoc2)cc1. The first-order chi connectivity index (χ1) is 11.4. The molecule has 1 aromatic carbocycles. The smallest absolute Gasteiger partial charge is 0.225 e. The molecule has 2 aromatic heterocycles. The number of hydrogen-bond acceptors (Lipinski definition) is 5. The number of aromatic nitrogens is 2. The summed E-state index contributed by atoms with van der Waals surface area (Å²) in [4.78, 5) is 11.7. The van der Waals surface area contributed by atoms with Crippen molar-refractivity contribution in [1.82, 2.24) is 9.97 Å². The van der Waals surface area contributed by atoms with Crippen LogP contribution in [0.5, 0.6) is 0 Å². The Balaban J connectivity index is 1.80. The maximum Gasteiger partial charge on any atom is 0.225 e. The number of furan rings is 1. The van der Waals surface area contributed by atoms with Crippen LogP contribution < -0.4 is 4.90 Å². The maximum absolute atomic E-state index is 5.27. The molecule has 4 rings (SSSR count). The lowest BCUT2D eigenvalue weighted by Crippen LogP contribution is -2.33. The van der Waals surface area contributed by atoms with E-state index in [-0.39, 0.29) is 0 Å². The Bertz CT molecular complexity index is 768. The fourth-order valence-corrected chi connectivity index (χ4v) is 3.64. The van der Waals surface area contributed by atoms with Crippen molar-refractivity contribution in [2.45, 2.75) is 0 Å². The van der Waals surface area contributed by atoms with Crippen LogP contribution >= 0.6 is 11.8 Å². The van der Waals surface area contributed by atoms with E-state index in [1.165, 1.54) is 0 Å². The standard InChI is InChI=1S/C18H17N3OS/c1-2-4-14(5-3-1)16-12-19-18(21-7-10-23-11-8-21)20-17(16)15-6-9-22-13-15/h1-6,9,12-13H,7-8,10-11H2. The molecule has 5 heteroatoms. The summed E-state index contributed by atoms with van der Waals surface area (Å²) in [6, 6.07) is 12.2. The molecule has 23 heavy (non-hydrogen) atoms. The maximum atomic E-state index is 5.27. The van der Waals surface area contributed by atoms with E-state index in [0.717, 1.165) is 52.9 Å². The van der Waals surface area contributed by atoms with E-state index in [1.54, 1.807) is 12.5 Å². The average molecular weight is 323 g/mol. The molecule has 0 aliphatic carbocycles. The Morgan fingerprint density at radius 2 is 1.83 bits per heavy atom. The lowest BCUT2D eigenvalue weighted by molar-refractivity contribution is 0.568. The van der Waals surface area contributed by atoms with Crippen molar-refractivity contribution in [2.75, 3.05) is 29.5 Å². The molecule has 3 heterocycles. The lowest BCUT2D eigenvalue weighted by atomic mass is 10.0. The van der Waals surface area contributed by atoms with Crippen molar-refractivity contribution < 1.29 is 4.42 Å². The molecule has 0 radical (unpaired) electrons. The van der Waals surface area contributed by atoms with Crippen molar-refractivity contribution in [1.29, 1.82) is 0 Å². The van der Waals surface area contributed by atoms with E-state index in [9.17, 15) is 0 Å². The van der Waals surface area contributed by atoms with Crippen LogP contribution in [0.15, 0.2) is 59.5 Å². The largest absolute Gasteiger partial charge is 0.472 e. The molecule has 4 nitrogen and oxygen atoms in total. The third kappa shape index (κ3) is 2.97. The van der Waals surface area contributed by atoms with Gasteiger partial charge in [0.2, 0.25) is 5.95 Å². The molecule has 1 saturated heterocycles. The van der Waals surface area contributed by atoms with E-state index in [2.05, 4.69) is 22.0 Å². The predicted molar refractivity (Wildman–Crippen MR) is 94.7 cm³/mol. The summed E-state index contributed by atoms with van der Waals surface area (Å²) >= 11 is 1.98. The van der Waals surface area contributed by atoms with Crippen LogP contribution in [0.25, 0.3) is 22.4 Å². The van der Waals surface area contributed by atoms with E-state index in [0.29, 0.717) is 0 Å². The molecule has 3 aromatic rings. The minimum atomic E-state index is 0.807. The average Bonchev–Trinajstić information content (AvgIpc) is 3.17. The van der Waals surface area contributed by atoms with Crippen molar-refractivity contribution in [3.05, 3.63) is 55.1 Å². The number of nitrogens with zero attached hydrogens (tertiary/aromatic N) is 3. The molecule has 116 valence electrons.